The maximum absolute atomic E-state index is 13.1. The lowest BCUT2D eigenvalue weighted by molar-refractivity contribution is 0.0635. The fourth-order valence-corrected chi connectivity index (χ4v) is 3.59. The minimum atomic E-state index is -0.564. The van der Waals surface area contributed by atoms with Gasteiger partial charge in [-0.15, -0.1) is 0 Å². The van der Waals surface area contributed by atoms with Crippen molar-refractivity contribution in [3.63, 3.8) is 0 Å². The van der Waals surface area contributed by atoms with Crippen molar-refractivity contribution in [1.29, 1.82) is 0 Å². The fourth-order valence-electron chi connectivity index (χ4n) is 3.59. The number of carbonyl (C=O) groups excluding carboxylic acids is 2. The molecule has 1 aliphatic rings. The number of hydrogen-bond donors (Lipinski definition) is 1. The summed E-state index contributed by atoms with van der Waals surface area (Å²) in [6, 6.07) is 15.0. The number of rotatable bonds is 5. The maximum Gasteiger partial charge on any atom is 0.412 e. The molecule has 1 N–H and O–H groups in total. The van der Waals surface area contributed by atoms with Crippen molar-refractivity contribution in [2.75, 3.05) is 18.5 Å². The summed E-state index contributed by atoms with van der Waals surface area (Å²) in [5.41, 5.74) is 1.74. The Hall–Kier alpha value is -3.02. The molecule has 0 radical (unpaired) electrons. The van der Waals surface area contributed by atoms with E-state index in [9.17, 15) is 9.59 Å². The van der Waals surface area contributed by atoms with Crippen molar-refractivity contribution >= 4 is 17.7 Å². The van der Waals surface area contributed by atoms with Crippen LogP contribution in [0.2, 0.25) is 0 Å². The zero-order valence-corrected chi connectivity index (χ0v) is 18.1. The Morgan fingerprint density at radius 1 is 1.07 bits per heavy atom. The molecule has 1 fully saturated rings. The van der Waals surface area contributed by atoms with Crippen LogP contribution in [0.1, 0.15) is 62.5 Å². The van der Waals surface area contributed by atoms with E-state index in [0.29, 0.717) is 17.9 Å². The van der Waals surface area contributed by atoms with Crippen LogP contribution < -0.4 is 10.1 Å². The van der Waals surface area contributed by atoms with Crippen molar-refractivity contribution in [2.45, 2.75) is 52.2 Å². The second-order valence-corrected chi connectivity index (χ2v) is 8.36. The summed E-state index contributed by atoms with van der Waals surface area (Å²) < 4.78 is 10.8. The zero-order chi connectivity index (χ0) is 21.7. The number of likely N-dealkylation sites (tertiary alicyclic amines) is 1. The lowest BCUT2D eigenvalue weighted by Gasteiger charge is -2.25. The maximum atomic E-state index is 13.1. The molecule has 1 aliphatic heterocycles. The molecule has 0 bridgehead atoms. The number of nitrogens with zero attached hydrogens (tertiary/aromatic N) is 1. The van der Waals surface area contributed by atoms with E-state index < -0.39 is 11.7 Å². The molecule has 1 unspecified atom stereocenters. The van der Waals surface area contributed by atoms with Gasteiger partial charge in [0, 0.05) is 17.8 Å². The molecule has 1 atom stereocenters. The molecule has 0 spiro atoms. The third-order valence-corrected chi connectivity index (χ3v) is 4.87. The summed E-state index contributed by atoms with van der Waals surface area (Å²) >= 11 is 0. The number of ether oxygens (including phenoxy) is 2. The molecular formula is C24H30N2O4. The molecule has 0 aliphatic carbocycles. The van der Waals surface area contributed by atoms with Crippen LogP contribution in [0.4, 0.5) is 10.5 Å². The number of nitrogens with one attached hydrogen (secondary N) is 1. The molecular weight excluding hydrogens is 380 g/mol. The van der Waals surface area contributed by atoms with Gasteiger partial charge in [0.15, 0.2) is 0 Å². The van der Waals surface area contributed by atoms with Gasteiger partial charge >= 0.3 is 6.09 Å². The molecule has 1 saturated heterocycles. The van der Waals surface area contributed by atoms with Gasteiger partial charge in [0.2, 0.25) is 0 Å². The second-order valence-electron chi connectivity index (χ2n) is 8.36. The topological polar surface area (TPSA) is 67.9 Å². The zero-order valence-electron chi connectivity index (χ0n) is 18.1. The molecule has 2 amide bonds. The van der Waals surface area contributed by atoms with Crippen LogP contribution in [-0.2, 0) is 4.74 Å². The first kappa shape index (κ1) is 21.7. The standard InChI is InChI=1S/C24H30N2O4/c1-5-29-20-14-10-17(11-15-20)21-7-6-16-26(21)22(27)18-8-12-19(13-9-18)25-23(28)30-24(2,3)4/h8-15,21H,5-7,16H2,1-4H3,(H,25,28). The van der Waals surface area contributed by atoms with Crippen molar-refractivity contribution in [1.82, 2.24) is 4.90 Å². The summed E-state index contributed by atoms with van der Waals surface area (Å²) in [4.78, 5) is 26.9. The van der Waals surface area contributed by atoms with Crippen LogP contribution >= 0.6 is 0 Å². The van der Waals surface area contributed by atoms with Gasteiger partial charge in [-0.25, -0.2) is 4.79 Å². The first-order chi connectivity index (χ1) is 14.3. The Bertz CT molecular complexity index is 870. The number of anilines is 1. The quantitative estimate of drug-likeness (QED) is 0.716. The van der Waals surface area contributed by atoms with Gasteiger partial charge in [-0.05, 0) is 82.5 Å². The van der Waals surface area contributed by atoms with Gasteiger partial charge in [0.25, 0.3) is 5.91 Å². The Balaban J connectivity index is 1.67. The number of benzene rings is 2. The Morgan fingerprint density at radius 2 is 1.73 bits per heavy atom. The minimum absolute atomic E-state index is 0.00444. The SMILES string of the molecule is CCOc1ccc(C2CCCN2C(=O)c2ccc(NC(=O)OC(C)(C)C)cc2)cc1. The summed E-state index contributed by atoms with van der Waals surface area (Å²) in [7, 11) is 0. The van der Waals surface area contributed by atoms with Gasteiger partial charge in [0.1, 0.15) is 11.4 Å². The molecule has 2 aromatic rings. The third-order valence-electron chi connectivity index (χ3n) is 4.87. The number of carbonyl (C=O) groups is 2. The van der Waals surface area contributed by atoms with E-state index in [1.165, 1.54) is 0 Å². The highest BCUT2D eigenvalue weighted by Crippen LogP contribution is 2.34. The van der Waals surface area contributed by atoms with Gasteiger partial charge < -0.3 is 14.4 Å². The molecule has 6 nitrogen and oxygen atoms in total. The van der Waals surface area contributed by atoms with Crippen molar-refractivity contribution in [3.8, 4) is 5.75 Å². The van der Waals surface area contributed by atoms with Gasteiger partial charge in [-0.1, -0.05) is 12.1 Å². The number of amides is 2. The average Bonchev–Trinajstić information content (AvgIpc) is 3.17. The smallest absolute Gasteiger partial charge is 0.412 e. The molecule has 6 heteroatoms. The molecule has 3 rings (SSSR count). The second kappa shape index (κ2) is 9.20. The summed E-state index contributed by atoms with van der Waals surface area (Å²) in [6.07, 6.45) is 1.40. The van der Waals surface area contributed by atoms with E-state index in [2.05, 4.69) is 5.32 Å². The van der Waals surface area contributed by atoms with Crippen LogP contribution in [0.3, 0.4) is 0 Å². The number of hydrogen-bond acceptors (Lipinski definition) is 4. The van der Waals surface area contributed by atoms with Gasteiger partial charge in [-0.2, -0.15) is 0 Å². The molecule has 160 valence electrons. The highest BCUT2D eigenvalue weighted by atomic mass is 16.6. The van der Waals surface area contributed by atoms with Crippen LogP contribution in [0.15, 0.2) is 48.5 Å². The highest BCUT2D eigenvalue weighted by Gasteiger charge is 2.30. The molecule has 2 aromatic carbocycles. The van der Waals surface area contributed by atoms with E-state index in [-0.39, 0.29) is 11.9 Å². The van der Waals surface area contributed by atoms with E-state index in [1.54, 1.807) is 24.3 Å². The first-order valence-electron chi connectivity index (χ1n) is 10.4. The van der Waals surface area contributed by atoms with E-state index in [4.69, 9.17) is 9.47 Å². The lowest BCUT2D eigenvalue weighted by Crippen LogP contribution is -2.30. The van der Waals surface area contributed by atoms with Gasteiger partial charge in [-0.3, -0.25) is 10.1 Å². The molecule has 30 heavy (non-hydrogen) atoms. The Kier molecular flexibility index (Phi) is 6.65. The molecule has 1 heterocycles. The minimum Gasteiger partial charge on any atom is -0.494 e. The van der Waals surface area contributed by atoms with Crippen molar-refractivity contribution in [2.24, 2.45) is 0 Å². The summed E-state index contributed by atoms with van der Waals surface area (Å²) in [6.45, 7) is 8.75. The van der Waals surface area contributed by atoms with Crippen LogP contribution in [0, 0.1) is 0 Å². The summed E-state index contributed by atoms with van der Waals surface area (Å²) in [5.74, 6) is 0.834. The fraction of sp³-hybridized carbons (Fsp3) is 0.417. The summed E-state index contributed by atoms with van der Waals surface area (Å²) in [5, 5.41) is 2.69. The van der Waals surface area contributed by atoms with Crippen molar-refractivity contribution in [3.05, 3.63) is 59.7 Å². The normalized spacial score (nSPS) is 16.3. The van der Waals surface area contributed by atoms with Crippen LogP contribution in [0.5, 0.6) is 5.75 Å². The van der Waals surface area contributed by atoms with Gasteiger partial charge in [0.05, 0.1) is 12.6 Å². The first-order valence-corrected chi connectivity index (χ1v) is 10.4. The molecule has 0 aromatic heterocycles. The van der Waals surface area contributed by atoms with Crippen LogP contribution in [0.25, 0.3) is 0 Å². The largest absolute Gasteiger partial charge is 0.494 e. The Morgan fingerprint density at radius 3 is 2.33 bits per heavy atom. The molecule has 0 saturated carbocycles. The Labute approximate surface area is 178 Å². The van der Waals surface area contributed by atoms with E-state index >= 15 is 0 Å². The average molecular weight is 411 g/mol. The van der Waals surface area contributed by atoms with Crippen LogP contribution in [-0.4, -0.2) is 35.7 Å². The van der Waals surface area contributed by atoms with E-state index in [0.717, 1.165) is 30.7 Å². The predicted molar refractivity (Wildman–Crippen MR) is 117 cm³/mol. The highest BCUT2D eigenvalue weighted by molar-refractivity contribution is 5.95. The predicted octanol–water partition coefficient (Wildman–Crippen LogP) is 5.41. The third kappa shape index (κ3) is 5.53. The van der Waals surface area contributed by atoms with E-state index in [1.807, 2.05) is 56.9 Å². The lowest BCUT2D eigenvalue weighted by atomic mass is 10.0. The van der Waals surface area contributed by atoms with Crippen molar-refractivity contribution < 1.29 is 19.1 Å². The monoisotopic (exact) mass is 410 g/mol.